The zero-order valence-electron chi connectivity index (χ0n) is 7.71. The van der Waals surface area contributed by atoms with Crippen LogP contribution in [0.4, 0.5) is 0 Å². The fourth-order valence-electron chi connectivity index (χ4n) is 0.929. The van der Waals surface area contributed by atoms with Crippen LogP contribution in [0.1, 0.15) is 13.8 Å². The molecule has 1 fully saturated rings. The van der Waals surface area contributed by atoms with E-state index < -0.39 is 15.1 Å². The number of hydrogen-bond acceptors (Lipinski definition) is 4. The van der Waals surface area contributed by atoms with Crippen LogP contribution in [0.5, 0.6) is 0 Å². The van der Waals surface area contributed by atoms with Crippen LogP contribution in [0.3, 0.4) is 0 Å². The van der Waals surface area contributed by atoms with Gasteiger partial charge in [-0.1, -0.05) is 0 Å². The lowest BCUT2D eigenvalue weighted by atomic mass is 10.5. The highest BCUT2D eigenvalue weighted by molar-refractivity contribution is 6.36. The highest BCUT2D eigenvalue weighted by Gasteiger charge is 2.32. The summed E-state index contributed by atoms with van der Waals surface area (Å²) in [5.41, 5.74) is 0. The molecule has 0 amide bonds. The van der Waals surface area contributed by atoms with E-state index in [2.05, 4.69) is 5.32 Å². The second-order valence-corrected chi connectivity index (χ2v) is 4.48. The fraction of sp³-hybridized carbons (Fsp3) is 1.00. The van der Waals surface area contributed by atoms with Gasteiger partial charge in [-0.2, -0.15) is 0 Å². The molecule has 1 N–H and O–H groups in total. The van der Waals surface area contributed by atoms with Gasteiger partial charge < -0.3 is 16.7 Å². The van der Waals surface area contributed by atoms with Crippen LogP contribution in [0.15, 0.2) is 0 Å². The lowest BCUT2D eigenvalue weighted by Crippen LogP contribution is -2.38. The van der Waals surface area contributed by atoms with Crippen molar-refractivity contribution in [3.63, 3.8) is 0 Å². The SMILES string of the molecule is CC(C)[O][Al]1[O]CCNCC[O]1. The normalized spacial score (nSPS) is 20.8. The monoisotopic (exact) mass is 189 g/mol. The maximum Gasteiger partial charge on any atom is 0.905 e. The summed E-state index contributed by atoms with van der Waals surface area (Å²) in [6.07, 6.45) is 0.203. The maximum atomic E-state index is 5.49. The van der Waals surface area contributed by atoms with E-state index in [9.17, 15) is 0 Å². The van der Waals surface area contributed by atoms with Crippen molar-refractivity contribution in [3.05, 3.63) is 0 Å². The van der Waals surface area contributed by atoms with Crippen LogP contribution in [0.25, 0.3) is 0 Å². The number of hydrogen-bond donors (Lipinski definition) is 1. The molecule has 0 aliphatic carbocycles. The molecule has 1 aliphatic rings. The summed E-state index contributed by atoms with van der Waals surface area (Å²) >= 11 is -1.80. The largest absolute Gasteiger partial charge is 0.905 e. The van der Waals surface area contributed by atoms with Crippen LogP contribution in [-0.4, -0.2) is 47.6 Å². The molecular weight excluding hydrogens is 173 g/mol. The summed E-state index contributed by atoms with van der Waals surface area (Å²) in [4.78, 5) is 0. The summed E-state index contributed by atoms with van der Waals surface area (Å²) in [6, 6.07) is 0. The average Bonchev–Trinajstić information content (AvgIpc) is 1.93. The first-order valence-corrected chi connectivity index (χ1v) is 5.80. The summed E-state index contributed by atoms with van der Waals surface area (Å²) in [5, 5.41) is 3.18. The van der Waals surface area contributed by atoms with Gasteiger partial charge in [0.25, 0.3) is 0 Å². The Hall–Kier alpha value is 0.372. The minimum absolute atomic E-state index is 0.203. The smallest absolute Gasteiger partial charge is 0.453 e. The molecule has 1 aliphatic heterocycles. The van der Waals surface area contributed by atoms with Gasteiger partial charge in [-0.05, 0) is 13.8 Å². The van der Waals surface area contributed by atoms with E-state index in [0.29, 0.717) is 13.2 Å². The molecule has 0 saturated carbocycles. The topological polar surface area (TPSA) is 39.7 Å². The first-order valence-electron chi connectivity index (χ1n) is 4.38. The predicted molar refractivity (Wildman–Crippen MR) is 46.7 cm³/mol. The molecule has 0 bridgehead atoms. The van der Waals surface area contributed by atoms with Gasteiger partial charge in [0.15, 0.2) is 0 Å². The van der Waals surface area contributed by atoms with E-state index in [1.165, 1.54) is 0 Å². The second-order valence-electron chi connectivity index (χ2n) is 2.97. The molecule has 4 nitrogen and oxygen atoms in total. The Kier molecular flexibility index (Phi) is 5.16. The standard InChI is InChI=1S/C4H9NO2.C3H7O.Al/c6-3-1-5-2-4-7;1-3(2)4;/h5H,1-4H2;3H,1-2H3;/q-2;-1;+3. The minimum atomic E-state index is -1.80. The third-order valence-corrected chi connectivity index (χ3v) is 3.23. The van der Waals surface area contributed by atoms with Gasteiger partial charge in [-0.3, -0.25) is 0 Å². The Morgan fingerprint density at radius 2 is 1.83 bits per heavy atom. The average molecular weight is 189 g/mol. The van der Waals surface area contributed by atoms with E-state index in [1.807, 2.05) is 13.8 Å². The first-order chi connectivity index (χ1) is 5.79. The molecule has 0 unspecified atom stereocenters. The van der Waals surface area contributed by atoms with Gasteiger partial charge in [-0.15, -0.1) is 0 Å². The summed E-state index contributed by atoms with van der Waals surface area (Å²) < 4.78 is 16.3. The molecule has 1 heterocycles. The van der Waals surface area contributed by atoms with E-state index in [0.717, 1.165) is 13.1 Å². The molecule has 0 spiro atoms. The van der Waals surface area contributed by atoms with Gasteiger partial charge in [-0.25, -0.2) is 0 Å². The van der Waals surface area contributed by atoms with Crippen molar-refractivity contribution in [2.75, 3.05) is 26.3 Å². The minimum Gasteiger partial charge on any atom is -0.453 e. The predicted octanol–water partition coefficient (Wildman–Crippen LogP) is 0.0327. The number of nitrogens with one attached hydrogen (secondary N) is 1. The molecule has 12 heavy (non-hydrogen) atoms. The molecule has 70 valence electrons. The summed E-state index contributed by atoms with van der Waals surface area (Å²) in [5.74, 6) is 0. The van der Waals surface area contributed by atoms with Crippen molar-refractivity contribution < 1.29 is 11.4 Å². The van der Waals surface area contributed by atoms with Gasteiger partial charge in [0.1, 0.15) is 0 Å². The Labute approximate surface area is 78.6 Å². The molecule has 0 aromatic carbocycles. The Balaban J connectivity index is 2.20. The molecule has 0 aromatic heterocycles. The van der Waals surface area contributed by atoms with Crippen molar-refractivity contribution in [3.8, 4) is 0 Å². The lowest BCUT2D eigenvalue weighted by Gasteiger charge is -2.18. The van der Waals surface area contributed by atoms with E-state index in [4.69, 9.17) is 11.4 Å². The van der Waals surface area contributed by atoms with E-state index >= 15 is 0 Å². The molecule has 0 atom stereocenters. The molecule has 1 rings (SSSR count). The molecule has 5 heteroatoms. The highest BCUT2D eigenvalue weighted by Crippen LogP contribution is 1.98. The third kappa shape index (κ3) is 4.41. The molecule has 1 saturated heterocycles. The van der Waals surface area contributed by atoms with Crippen LogP contribution >= 0.6 is 0 Å². The molecule has 0 aromatic rings. The summed E-state index contributed by atoms with van der Waals surface area (Å²) in [6.45, 7) is 7.18. The second kappa shape index (κ2) is 5.92. The Bertz CT molecular complexity index is 115. The third-order valence-electron chi connectivity index (χ3n) is 1.45. The van der Waals surface area contributed by atoms with Crippen molar-refractivity contribution in [2.24, 2.45) is 0 Å². The van der Waals surface area contributed by atoms with Gasteiger partial charge >= 0.3 is 15.1 Å². The Morgan fingerprint density at radius 1 is 1.25 bits per heavy atom. The zero-order valence-corrected chi connectivity index (χ0v) is 8.86. The fourth-order valence-corrected chi connectivity index (χ4v) is 2.25. The lowest BCUT2D eigenvalue weighted by molar-refractivity contribution is 0.0626. The van der Waals surface area contributed by atoms with Crippen molar-refractivity contribution >= 4 is 15.1 Å². The van der Waals surface area contributed by atoms with Crippen LogP contribution in [0.2, 0.25) is 0 Å². The van der Waals surface area contributed by atoms with Crippen LogP contribution < -0.4 is 5.32 Å². The quantitative estimate of drug-likeness (QED) is 0.622. The van der Waals surface area contributed by atoms with Crippen molar-refractivity contribution in [1.29, 1.82) is 0 Å². The van der Waals surface area contributed by atoms with Gasteiger partial charge in [0.2, 0.25) is 0 Å². The summed E-state index contributed by atoms with van der Waals surface area (Å²) in [7, 11) is 0. The van der Waals surface area contributed by atoms with Gasteiger partial charge in [0, 0.05) is 32.4 Å². The maximum absolute atomic E-state index is 5.49. The zero-order chi connectivity index (χ0) is 8.81. The highest BCUT2D eigenvalue weighted by atomic mass is 27.3. The number of rotatable bonds is 2. The molecular formula is C7H16AlNO3. The molecule has 0 radical (unpaired) electrons. The van der Waals surface area contributed by atoms with Crippen molar-refractivity contribution in [2.45, 2.75) is 20.0 Å². The van der Waals surface area contributed by atoms with Gasteiger partial charge in [0.05, 0.1) is 0 Å². The van der Waals surface area contributed by atoms with E-state index in [-0.39, 0.29) is 6.10 Å². The van der Waals surface area contributed by atoms with E-state index in [1.54, 1.807) is 0 Å². The van der Waals surface area contributed by atoms with Crippen molar-refractivity contribution in [1.82, 2.24) is 5.32 Å². The first kappa shape index (κ1) is 10.5. The van der Waals surface area contributed by atoms with Crippen LogP contribution in [0, 0.1) is 0 Å². The van der Waals surface area contributed by atoms with Crippen LogP contribution in [-0.2, 0) is 11.4 Å². The Morgan fingerprint density at radius 3 is 2.33 bits per heavy atom.